The van der Waals surface area contributed by atoms with Crippen molar-refractivity contribution in [1.82, 2.24) is 20.8 Å². The van der Waals surface area contributed by atoms with Crippen LogP contribution in [-0.4, -0.2) is 43.3 Å². The predicted octanol–water partition coefficient (Wildman–Crippen LogP) is 3.88. The quantitative estimate of drug-likeness (QED) is 0.246. The van der Waals surface area contributed by atoms with Gasteiger partial charge in [0.05, 0.1) is 7.11 Å². The smallest absolute Gasteiger partial charge is 0.257 e. The number of benzene rings is 2. The second kappa shape index (κ2) is 12.9. The van der Waals surface area contributed by atoms with Crippen LogP contribution in [0, 0.1) is 0 Å². The van der Waals surface area contributed by atoms with E-state index >= 15 is 0 Å². The van der Waals surface area contributed by atoms with Gasteiger partial charge in [-0.2, -0.15) is 4.98 Å². The van der Waals surface area contributed by atoms with E-state index in [1.807, 2.05) is 37.3 Å². The zero-order valence-corrected chi connectivity index (χ0v) is 20.6. The molecule has 0 aliphatic heterocycles. The van der Waals surface area contributed by atoms with Crippen LogP contribution in [0.3, 0.4) is 0 Å². The number of guanidine groups is 1. The van der Waals surface area contributed by atoms with Crippen molar-refractivity contribution in [2.45, 2.75) is 26.2 Å². The van der Waals surface area contributed by atoms with Crippen LogP contribution in [0.15, 0.2) is 58.0 Å². The Labute approximate surface area is 200 Å². The van der Waals surface area contributed by atoms with Gasteiger partial charge in [-0.3, -0.25) is 4.99 Å². The predicted molar refractivity (Wildman–Crippen MR) is 134 cm³/mol. The lowest BCUT2D eigenvalue weighted by molar-refractivity contribution is 0.409. The van der Waals surface area contributed by atoms with E-state index in [0.717, 1.165) is 55.4 Å². The fraction of sp³-hybridized carbons (Fsp3) is 0.348. The highest BCUT2D eigenvalue weighted by Gasteiger charge is 2.07. The molecule has 0 atom stereocenters. The summed E-state index contributed by atoms with van der Waals surface area (Å²) in [6.45, 7) is 3.57. The fourth-order valence-electron chi connectivity index (χ4n) is 3.10. The summed E-state index contributed by atoms with van der Waals surface area (Å²) in [5.74, 6) is 3.00. The molecule has 2 N–H and O–H groups in total. The molecule has 2 aromatic carbocycles. The maximum absolute atomic E-state index is 5.40. The summed E-state index contributed by atoms with van der Waals surface area (Å²) in [6.07, 6.45) is 2.51. The van der Waals surface area contributed by atoms with E-state index in [1.54, 1.807) is 14.2 Å². The molecule has 0 unspecified atom stereocenters. The third-order valence-corrected chi connectivity index (χ3v) is 4.79. The first-order valence-electron chi connectivity index (χ1n) is 10.2. The molecule has 31 heavy (non-hydrogen) atoms. The maximum Gasteiger partial charge on any atom is 0.257 e. The van der Waals surface area contributed by atoms with E-state index in [4.69, 9.17) is 9.26 Å². The summed E-state index contributed by atoms with van der Waals surface area (Å²) in [4.78, 5) is 8.66. The van der Waals surface area contributed by atoms with E-state index in [-0.39, 0.29) is 24.0 Å². The number of para-hydroxylation sites is 1. The summed E-state index contributed by atoms with van der Waals surface area (Å²) in [7, 11) is 3.48. The number of aryl methyl sites for hydroxylation is 1. The van der Waals surface area contributed by atoms with Crippen LogP contribution in [-0.2, 0) is 19.3 Å². The van der Waals surface area contributed by atoms with Gasteiger partial charge in [0, 0.05) is 32.1 Å². The summed E-state index contributed by atoms with van der Waals surface area (Å²) in [5.41, 5.74) is 3.34. The topological polar surface area (TPSA) is 84.6 Å². The zero-order valence-electron chi connectivity index (χ0n) is 18.2. The van der Waals surface area contributed by atoms with Gasteiger partial charge in [-0.15, -0.1) is 24.0 Å². The normalized spacial score (nSPS) is 11.0. The van der Waals surface area contributed by atoms with Crippen molar-refractivity contribution in [3.8, 4) is 17.2 Å². The highest BCUT2D eigenvalue weighted by atomic mass is 127. The molecule has 8 heteroatoms. The van der Waals surface area contributed by atoms with Crippen molar-refractivity contribution in [3.63, 3.8) is 0 Å². The lowest BCUT2D eigenvalue weighted by atomic mass is 10.1. The van der Waals surface area contributed by atoms with Crippen LogP contribution in [0.5, 0.6) is 5.75 Å². The largest absolute Gasteiger partial charge is 0.496 e. The molecule has 7 nitrogen and oxygen atoms in total. The van der Waals surface area contributed by atoms with E-state index < -0.39 is 0 Å². The molecule has 1 aromatic heterocycles. The van der Waals surface area contributed by atoms with Gasteiger partial charge >= 0.3 is 0 Å². The Kier molecular flexibility index (Phi) is 10.3. The third-order valence-electron chi connectivity index (χ3n) is 4.79. The number of aromatic nitrogens is 2. The van der Waals surface area contributed by atoms with Crippen LogP contribution >= 0.6 is 24.0 Å². The molecule has 0 aliphatic rings. The van der Waals surface area contributed by atoms with Gasteiger partial charge in [0.25, 0.3) is 5.89 Å². The summed E-state index contributed by atoms with van der Waals surface area (Å²) < 4.78 is 10.7. The Morgan fingerprint density at radius 2 is 1.74 bits per heavy atom. The van der Waals surface area contributed by atoms with Crippen molar-refractivity contribution in [2.75, 3.05) is 27.2 Å². The number of hydrogen-bond donors (Lipinski definition) is 2. The van der Waals surface area contributed by atoms with E-state index in [0.29, 0.717) is 5.89 Å². The number of halogens is 1. The molecule has 0 amide bonds. The standard InChI is InChI=1S/C23H29N5O2.HI/c1-4-21-27-22(30-28-21)19-11-9-17(10-12-19)13-15-25-23(24-2)26-16-14-18-7-5-6-8-20(18)29-3;/h5-12H,4,13-16H2,1-3H3,(H2,24,25,26);1H. The molecule has 0 saturated heterocycles. The fourth-order valence-corrected chi connectivity index (χ4v) is 3.10. The second-order valence-corrected chi connectivity index (χ2v) is 6.80. The minimum absolute atomic E-state index is 0. The highest BCUT2D eigenvalue weighted by Crippen LogP contribution is 2.18. The Hall–Kier alpha value is -2.62. The van der Waals surface area contributed by atoms with Gasteiger partial charge in [-0.1, -0.05) is 42.4 Å². The van der Waals surface area contributed by atoms with Gasteiger partial charge in [-0.25, -0.2) is 0 Å². The average Bonchev–Trinajstić information content (AvgIpc) is 3.28. The van der Waals surface area contributed by atoms with Crippen LogP contribution < -0.4 is 15.4 Å². The van der Waals surface area contributed by atoms with Gasteiger partial charge in [0.1, 0.15) is 5.75 Å². The number of nitrogens with one attached hydrogen (secondary N) is 2. The number of aliphatic imine (C=N–C) groups is 1. The third kappa shape index (κ3) is 7.23. The lowest BCUT2D eigenvalue weighted by Crippen LogP contribution is -2.39. The summed E-state index contributed by atoms with van der Waals surface area (Å²) in [5, 5.41) is 10.6. The number of hydrogen-bond acceptors (Lipinski definition) is 5. The van der Waals surface area contributed by atoms with Crippen molar-refractivity contribution in [2.24, 2.45) is 4.99 Å². The van der Waals surface area contributed by atoms with Crippen molar-refractivity contribution < 1.29 is 9.26 Å². The molecule has 0 aliphatic carbocycles. The SMILES string of the molecule is CCc1noc(-c2ccc(CCNC(=NC)NCCc3ccccc3OC)cc2)n1.I. The van der Waals surface area contributed by atoms with Gasteiger partial charge in [-0.05, 0) is 42.2 Å². The minimum Gasteiger partial charge on any atom is -0.496 e. The Morgan fingerprint density at radius 1 is 1.03 bits per heavy atom. The van der Waals surface area contributed by atoms with Crippen LogP contribution in [0.4, 0.5) is 0 Å². The Balaban J connectivity index is 0.00000341. The molecule has 0 bridgehead atoms. The Morgan fingerprint density at radius 3 is 2.39 bits per heavy atom. The molecule has 3 aromatic rings. The second-order valence-electron chi connectivity index (χ2n) is 6.80. The van der Waals surface area contributed by atoms with Crippen LogP contribution in [0.25, 0.3) is 11.5 Å². The average molecular weight is 535 g/mol. The summed E-state index contributed by atoms with van der Waals surface area (Å²) >= 11 is 0. The molecule has 0 spiro atoms. The maximum atomic E-state index is 5.40. The molecule has 0 fully saturated rings. The van der Waals surface area contributed by atoms with Crippen molar-refractivity contribution >= 4 is 29.9 Å². The molecule has 0 saturated carbocycles. The number of methoxy groups -OCH3 is 1. The number of nitrogens with zero attached hydrogens (tertiary/aromatic N) is 3. The minimum atomic E-state index is 0. The van der Waals surface area contributed by atoms with Gasteiger partial charge in [0.2, 0.25) is 0 Å². The van der Waals surface area contributed by atoms with Crippen LogP contribution in [0.1, 0.15) is 23.9 Å². The van der Waals surface area contributed by atoms with Gasteiger partial charge < -0.3 is 19.9 Å². The Bertz CT molecular complexity index is 957. The molecule has 1 heterocycles. The number of rotatable bonds is 9. The number of ether oxygens (including phenoxy) is 1. The molecular formula is C23H30IN5O2. The van der Waals surface area contributed by atoms with Crippen molar-refractivity contribution in [3.05, 3.63) is 65.5 Å². The molecular weight excluding hydrogens is 505 g/mol. The van der Waals surface area contributed by atoms with Gasteiger partial charge in [0.15, 0.2) is 11.8 Å². The molecule has 0 radical (unpaired) electrons. The summed E-state index contributed by atoms with van der Waals surface area (Å²) in [6, 6.07) is 16.3. The van der Waals surface area contributed by atoms with E-state index in [1.165, 1.54) is 11.1 Å². The first-order valence-corrected chi connectivity index (χ1v) is 10.2. The molecule has 3 rings (SSSR count). The first kappa shape index (κ1) is 24.6. The zero-order chi connectivity index (χ0) is 21.2. The highest BCUT2D eigenvalue weighted by molar-refractivity contribution is 14.0. The van der Waals surface area contributed by atoms with Crippen LogP contribution in [0.2, 0.25) is 0 Å². The van der Waals surface area contributed by atoms with Crippen molar-refractivity contribution in [1.29, 1.82) is 0 Å². The lowest BCUT2D eigenvalue weighted by Gasteiger charge is -2.13. The van der Waals surface area contributed by atoms with E-state index in [2.05, 4.69) is 44.0 Å². The molecule has 166 valence electrons. The van der Waals surface area contributed by atoms with E-state index in [9.17, 15) is 0 Å². The first-order chi connectivity index (χ1) is 14.7. The monoisotopic (exact) mass is 535 g/mol.